The van der Waals surface area contributed by atoms with E-state index in [0.717, 1.165) is 5.39 Å². The first-order valence-electron chi connectivity index (χ1n) is 6.23. The number of benzene rings is 1. The maximum Gasteiger partial charge on any atom is 0.300 e. The molecule has 3 N–H and O–H groups in total. The average molecular weight is 284 g/mol. The van der Waals surface area contributed by atoms with Crippen molar-refractivity contribution in [2.45, 2.75) is 6.54 Å². The lowest BCUT2D eigenvalue weighted by Gasteiger charge is -2.03. The van der Waals surface area contributed by atoms with Gasteiger partial charge in [0.25, 0.3) is 5.56 Å². The fourth-order valence-corrected chi connectivity index (χ4v) is 2.04. The minimum atomic E-state index is -0.528. The highest BCUT2D eigenvalue weighted by atomic mass is 16.4. The van der Waals surface area contributed by atoms with Crippen LogP contribution in [0.15, 0.2) is 51.8 Å². The van der Waals surface area contributed by atoms with E-state index in [4.69, 9.17) is 10.3 Å². The molecule has 21 heavy (non-hydrogen) atoms. The molecule has 3 rings (SSSR count). The molecule has 0 aliphatic carbocycles. The molecular weight excluding hydrogens is 272 g/mol. The van der Waals surface area contributed by atoms with Gasteiger partial charge in [0.2, 0.25) is 0 Å². The van der Waals surface area contributed by atoms with Crippen LogP contribution in [0.25, 0.3) is 10.8 Å². The number of aromatic nitrogens is 2. The topological polar surface area (TPSA) is 103 Å². The lowest BCUT2D eigenvalue weighted by molar-refractivity contribution is 0.0924. The molecular formula is C14H12N4O3. The molecule has 1 aromatic carbocycles. The standard InChI is InChI=1S/C14H12N4O3/c15-17-13(19)12-6-5-10(21-12)8-18-14(20)11-4-2-1-3-9(11)7-16-18/h1-7H,8,15H2,(H,17,19). The largest absolute Gasteiger partial charge is 0.454 e. The number of nitrogens with two attached hydrogens (primary N) is 1. The average Bonchev–Trinajstić information content (AvgIpc) is 2.98. The van der Waals surface area contributed by atoms with E-state index in [1.165, 1.54) is 10.7 Å². The molecule has 7 nitrogen and oxygen atoms in total. The van der Waals surface area contributed by atoms with Gasteiger partial charge in [-0.2, -0.15) is 5.10 Å². The summed E-state index contributed by atoms with van der Waals surface area (Å²) < 4.78 is 6.60. The van der Waals surface area contributed by atoms with Crippen LogP contribution in [-0.2, 0) is 6.54 Å². The second-order valence-electron chi connectivity index (χ2n) is 4.43. The first-order valence-corrected chi connectivity index (χ1v) is 6.23. The number of carbonyl (C=O) groups excluding carboxylic acids is 1. The van der Waals surface area contributed by atoms with Crippen LogP contribution < -0.4 is 16.8 Å². The van der Waals surface area contributed by atoms with Crippen molar-refractivity contribution in [1.82, 2.24) is 15.2 Å². The van der Waals surface area contributed by atoms with Crippen molar-refractivity contribution in [2.24, 2.45) is 5.84 Å². The molecule has 0 fully saturated rings. The van der Waals surface area contributed by atoms with Gasteiger partial charge >= 0.3 is 5.91 Å². The summed E-state index contributed by atoms with van der Waals surface area (Å²) in [7, 11) is 0. The molecule has 0 unspecified atom stereocenters. The van der Waals surface area contributed by atoms with Gasteiger partial charge in [0, 0.05) is 5.39 Å². The highest BCUT2D eigenvalue weighted by Gasteiger charge is 2.11. The lowest BCUT2D eigenvalue weighted by Crippen LogP contribution is -2.29. The Hall–Kier alpha value is -2.93. The molecule has 3 aromatic rings. The summed E-state index contributed by atoms with van der Waals surface area (Å²) in [6.07, 6.45) is 1.62. The number of rotatable bonds is 3. The maximum atomic E-state index is 12.3. The van der Waals surface area contributed by atoms with E-state index in [-0.39, 0.29) is 17.9 Å². The van der Waals surface area contributed by atoms with Gasteiger partial charge in [-0.15, -0.1) is 0 Å². The Morgan fingerprint density at radius 3 is 2.90 bits per heavy atom. The number of nitrogens with zero attached hydrogens (tertiary/aromatic N) is 2. The Morgan fingerprint density at radius 2 is 2.10 bits per heavy atom. The summed E-state index contributed by atoms with van der Waals surface area (Å²) in [4.78, 5) is 23.6. The predicted molar refractivity (Wildman–Crippen MR) is 75.5 cm³/mol. The van der Waals surface area contributed by atoms with Gasteiger partial charge in [-0.05, 0) is 18.2 Å². The van der Waals surface area contributed by atoms with Gasteiger partial charge in [0.15, 0.2) is 5.76 Å². The third-order valence-electron chi connectivity index (χ3n) is 3.08. The molecule has 106 valence electrons. The zero-order chi connectivity index (χ0) is 14.8. The number of furan rings is 1. The lowest BCUT2D eigenvalue weighted by atomic mass is 10.2. The van der Waals surface area contributed by atoms with Gasteiger partial charge < -0.3 is 4.42 Å². The number of fused-ring (bicyclic) bond motifs is 1. The first kappa shape index (κ1) is 13.1. The molecule has 0 spiro atoms. The van der Waals surface area contributed by atoms with E-state index < -0.39 is 5.91 Å². The Morgan fingerprint density at radius 1 is 1.29 bits per heavy atom. The van der Waals surface area contributed by atoms with Crippen molar-refractivity contribution in [3.63, 3.8) is 0 Å². The van der Waals surface area contributed by atoms with Crippen molar-refractivity contribution in [1.29, 1.82) is 0 Å². The van der Waals surface area contributed by atoms with E-state index in [1.807, 2.05) is 17.6 Å². The van der Waals surface area contributed by atoms with Crippen LogP contribution in [0, 0.1) is 0 Å². The summed E-state index contributed by atoms with van der Waals surface area (Å²) in [5.41, 5.74) is 1.76. The molecule has 0 aliphatic rings. The molecule has 0 atom stereocenters. The summed E-state index contributed by atoms with van der Waals surface area (Å²) in [5.74, 6) is 5.03. The van der Waals surface area contributed by atoms with Crippen LogP contribution in [0.5, 0.6) is 0 Å². The number of amides is 1. The van der Waals surface area contributed by atoms with E-state index in [0.29, 0.717) is 11.1 Å². The molecule has 0 aliphatic heterocycles. The van der Waals surface area contributed by atoms with Crippen molar-refractivity contribution in [3.8, 4) is 0 Å². The van der Waals surface area contributed by atoms with Crippen LogP contribution in [0.4, 0.5) is 0 Å². The number of nitrogens with one attached hydrogen (secondary N) is 1. The van der Waals surface area contributed by atoms with Gasteiger partial charge in [-0.25, -0.2) is 10.5 Å². The summed E-state index contributed by atoms with van der Waals surface area (Å²) in [6, 6.07) is 10.3. The van der Waals surface area contributed by atoms with E-state index >= 15 is 0 Å². The normalized spacial score (nSPS) is 10.7. The third kappa shape index (κ3) is 2.41. The third-order valence-corrected chi connectivity index (χ3v) is 3.08. The summed E-state index contributed by atoms with van der Waals surface area (Å²) in [5, 5.41) is 5.46. The quantitative estimate of drug-likeness (QED) is 0.417. The van der Waals surface area contributed by atoms with Crippen molar-refractivity contribution in [3.05, 3.63) is 64.5 Å². The predicted octanol–water partition coefficient (Wildman–Crippen LogP) is 0.641. The van der Waals surface area contributed by atoms with Crippen molar-refractivity contribution in [2.75, 3.05) is 0 Å². The molecule has 0 saturated heterocycles. The monoisotopic (exact) mass is 284 g/mol. The number of carbonyl (C=O) groups is 1. The molecule has 2 aromatic heterocycles. The first-order chi connectivity index (χ1) is 10.2. The van der Waals surface area contributed by atoms with E-state index in [2.05, 4.69) is 5.10 Å². The fraction of sp³-hybridized carbons (Fsp3) is 0.0714. The zero-order valence-corrected chi connectivity index (χ0v) is 10.9. The molecule has 0 radical (unpaired) electrons. The van der Waals surface area contributed by atoms with Crippen LogP contribution in [0.3, 0.4) is 0 Å². The molecule has 0 bridgehead atoms. The Balaban J connectivity index is 1.95. The number of hydrogen-bond donors (Lipinski definition) is 2. The van der Waals surface area contributed by atoms with Crippen LogP contribution >= 0.6 is 0 Å². The number of hydrogen-bond acceptors (Lipinski definition) is 5. The van der Waals surface area contributed by atoms with Crippen molar-refractivity contribution < 1.29 is 9.21 Å². The Labute approximate surface area is 118 Å². The molecule has 2 heterocycles. The Kier molecular flexibility index (Phi) is 3.25. The van der Waals surface area contributed by atoms with Gasteiger partial charge in [-0.1, -0.05) is 18.2 Å². The maximum absolute atomic E-state index is 12.3. The van der Waals surface area contributed by atoms with Crippen LogP contribution in [0.1, 0.15) is 16.3 Å². The van der Waals surface area contributed by atoms with Crippen LogP contribution in [-0.4, -0.2) is 15.7 Å². The highest BCUT2D eigenvalue weighted by Crippen LogP contribution is 2.10. The summed E-state index contributed by atoms with van der Waals surface area (Å²) in [6.45, 7) is 0.140. The number of nitrogen functional groups attached to an aromatic ring is 1. The summed E-state index contributed by atoms with van der Waals surface area (Å²) >= 11 is 0. The zero-order valence-electron chi connectivity index (χ0n) is 10.9. The van der Waals surface area contributed by atoms with E-state index in [1.54, 1.807) is 24.4 Å². The highest BCUT2D eigenvalue weighted by molar-refractivity contribution is 5.90. The van der Waals surface area contributed by atoms with Gasteiger partial charge in [0.1, 0.15) is 12.3 Å². The van der Waals surface area contributed by atoms with Crippen LogP contribution in [0.2, 0.25) is 0 Å². The Bertz CT molecular complexity index is 866. The second-order valence-corrected chi connectivity index (χ2v) is 4.43. The minimum absolute atomic E-state index is 0.0846. The smallest absolute Gasteiger partial charge is 0.300 e. The SMILES string of the molecule is NNC(=O)c1ccc(Cn2ncc3ccccc3c2=O)o1. The minimum Gasteiger partial charge on any atom is -0.454 e. The molecule has 1 amide bonds. The number of hydrazine groups is 1. The van der Waals surface area contributed by atoms with Gasteiger partial charge in [0.05, 0.1) is 11.6 Å². The molecule has 0 saturated carbocycles. The second kappa shape index (κ2) is 5.22. The fourth-order valence-electron chi connectivity index (χ4n) is 2.04. The van der Waals surface area contributed by atoms with Crippen molar-refractivity contribution >= 4 is 16.7 Å². The van der Waals surface area contributed by atoms with E-state index in [9.17, 15) is 9.59 Å². The van der Waals surface area contributed by atoms with Gasteiger partial charge in [-0.3, -0.25) is 15.0 Å². The molecule has 7 heteroatoms.